The first kappa shape index (κ1) is 21.0. The molecule has 1 atom stereocenters. The molecule has 0 aromatic heterocycles. The highest BCUT2D eigenvalue weighted by atomic mass is 16.6. The summed E-state index contributed by atoms with van der Waals surface area (Å²) in [5, 5.41) is 24.8. The number of likely N-dealkylation sites (tertiary alicyclic amines) is 1. The zero-order chi connectivity index (χ0) is 20.5. The Morgan fingerprint density at radius 1 is 1.07 bits per heavy atom. The molecule has 2 aromatic carbocycles. The predicted molar refractivity (Wildman–Crippen MR) is 113 cm³/mol. The largest absolute Gasteiger partial charge is 0.445 e. The van der Waals surface area contributed by atoms with Crippen LogP contribution in [0.5, 0.6) is 0 Å². The molecule has 156 valence electrons. The van der Waals surface area contributed by atoms with E-state index in [1.165, 1.54) is 0 Å². The molecular formula is C22H29N3O4. The number of aliphatic hydroxyl groups is 2. The van der Waals surface area contributed by atoms with E-state index in [0.29, 0.717) is 32.3 Å². The van der Waals surface area contributed by atoms with Crippen LogP contribution in [0.1, 0.15) is 18.4 Å². The number of carbonyl (C=O) groups is 1. The van der Waals surface area contributed by atoms with Crippen molar-refractivity contribution in [3.63, 3.8) is 0 Å². The van der Waals surface area contributed by atoms with Gasteiger partial charge in [-0.1, -0.05) is 30.3 Å². The third kappa shape index (κ3) is 6.66. The lowest BCUT2D eigenvalue weighted by Crippen LogP contribution is -2.42. The van der Waals surface area contributed by atoms with E-state index in [4.69, 9.17) is 9.84 Å². The highest BCUT2D eigenvalue weighted by Gasteiger charge is 2.23. The smallest absolute Gasteiger partial charge is 0.410 e. The number of nitrogens with zero attached hydrogens (tertiary/aromatic N) is 1. The molecular weight excluding hydrogens is 370 g/mol. The van der Waals surface area contributed by atoms with Gasteiger partial charge in [0.25, 0.3) is 0 Å². The van der Waals surface area contributed by atoms with Gasteiger partial charge in [-0.05, 0) is 42.7 Å². The molecule has 29 heavy (non-hydrogen) atoms. The minimum Gasteiger partial charge on any atom is -0.445 e. The number of nitrogens with one attached hydrogen (secondary N) is 2. The second kappa shape index (κ2) is 10.7. The van der Waals surface area contributed by atoms with Crippen molar-refractivity contribution in [3.05, 3.63) is 60.2 Å². The second-order valence-electron chi connectivity index (χ2n) is 7.24. The summed E-state index contributed by atoms with van der Waals surface area (Å²) in [5.74, 6) is 0. The van der Waals surface area contributed by atoms with Crippen LogP contribution in [0.4, 0.5) is 16.2 Å². The minimum absolute atomic E-state index is 0.257. The fourth-order valence-electron chi connectivity index (χ4n) is 3.24. The number of carbonyl (C=O) groups excluding carboxylic acids is 1. The van der Waals surface area contributed by atoms with Crippen LogP contribution in [0.3, 0.4) is 0 Å². The van der Waals surface area contributed by atoms with Crippen LogP contribution >= 0.6 is 0 Å². The van der Waals surface area contributed by atoms with Crippen LogP contribution in [-0.2, 0) is 11.3 Å². The molecule has 4 N–H and O–H groups in total. The number of piperidine rings is 1. The molecule has 2 aromatic rings. The van der Waals surface area contributed by atoms with Crippen molar-refractivity contribution in [2.75, 3.05) is 36.9 Å². The predicted octanol–water partition coefficient (Wildman–Crippen LogP) is 2.66. The Morgan fingerprint density at radius 3 is 2.38 bits per heavy atom. The lowest BCUT2D eigenvalue weighted by molar-refractivity contribution is 0.0882. The summed E-state index contributed by atoms with van der Waals surface area (Å²) in [6.07, 6.45) is 0.705. The van der Waals surface area contributed by atoms with Crippen LogP contribution < -0.4 is 10.6 Å². The average molecular weight is 399 g/mol. The molecule has 7 nitrogen and oxygen atoms in total. The summed E-state index contributed by atoms with van der Waals surface area (Å²) in [5.41, 5.74) is 2.89. The van der Waals surface area contributed by atoms with Gasteiger partial charge in [-0.25, -0.2) is 4.79 Å². The fraction of sp³-hybridized carbons (Fsp3) is 0.409. The molecule has 1 amide bonds. The quantitative estimate of drug-likeness (QED) is 0.545. The van der Waals surface area contributed by atoms with Gasteiger partial charge < -0.3 is 30.5 Å². The molecule has 0 bridgehead atoms. The van der Waals surface area contributed by atoms with Gasteiger partial charge in [0.1, 0.15) is 6.61 Å². The Morgan fingerprint density at radius 2 is 1.72 bits per heavy atom. The minimum atomic E-state index is -0.766. The Hall–Kier alpha value is -2.77. The topological polar surface area (TPSA) is 94.1 Å². The van der Waals surface area contributed by atoms with Crippen molar-refractivity contribution in [2.24, 2.45) is 0 Å². The van der Waals surface area contributed by atoms with Crippen LogP contribution in [0.15, 0.2) is 54.6 Å². The second-order valence-corrected chi connectivity index (χ2v) is 7.24. The summed E-state index contributed by atoms with van der Waals surface area (Å²) in [7, 11) is 0. The molecule has 1 aliphatic rings. The van der Waals surface area contributed by atoms with E-state index in [1.54, 1.807) is 4.90 Å². The molecule has 0 aliphatic carbocycles. The van der Waals surface area contributed by atoms with Gasteiger partial charge >= 0.3 is 6.09 Å². The van der Waals surface area contributed by atoms with Gasteiger partial charge in [-0.2, -0.15) is 0 Å². The number of aliphatic hydroxyl groups excluding tert-OH is 2. The number of anilines is 2. The van der Waals surface area contributed by atoms with E-state index in [9.17, 15) is 9.90 Å². The van der Waals surface area contributed by atoms with Crippen molar-refractivity contribution < 1.29 is 19.7 Å². The van der Waals surface area contributed by atoms with Gasteiger partial charge in [-0.15, -0.1) is 0 Å². The number of amides is 1. The fourth-order valence-corrected chi connectivity index (χ4v) is 3.24. The van der Waals surface area contributed by atoms with E-state index in [1.807, 2.05) is 54.6 Å². The lowest BCUT2D eigenvalue weighted by atomic mass is 10.0. The van der Waals surface area contributed by atoms with Crippen LogP contribution in [0, 0.1) is 0 Å². The zero-order valence-corrected chi connectivity index (χ0v) is 16.5. The average Bonchev–Trinajstić information content (AvgIpc) is 2.78. The van der Waals surface area contributed by atoms with Crippen LogP contribution in [-0.4, -0.2) is 59.6 Å². The molecule has 1 unspecified atom stereocenters. The summed E-state index contributed by atoms with van der Waals surface area (Å²) in [4.78, 5) is 14.0. The van der Waals surface area contributed by atoms with Gasteiger partial charge in [0.2, 0.25) is 0 Å². The van der Waals surface area contributed by atoms with E-state index in [2.05, 4.69) is 10.6 Å². The van der Waals surface area contributed by atoms with Crippen LogP contribution in [0.25, 0.3) is 0 Å². The van der Waals surface area contributed by atoms with Crippen molar-refractivity contribution in [1.82, 2.24) is 4.90 Å². The molecule has 1 aliphatic heterocycles. The van der Waals surface area contributed by atoms with Crippen LogP contribution in [0.2, 0.25) is 0 Å². The molecule has 0 saturated carbocycles. The first-order valence-corrected chi connectivity index (χ1v) is 9.99. The van der Waals surface area contributed by atoms with Crippen molar-refractivity contribution in [2.45, 2.75) is 31.6 Å². The molecule has 7 heteroatoms. The third-order valence-corrected chi connectivity index (χ3v) is 4.97. The summed E-state index contributed by atoms with van der Waals surface area (Å²) in [6, 6.07) is 17.8. The number of benzene rings is 2. The SMILES string of the molecule is O=C(OCc1ccccc1)N1CCC(Nc2ccc(NCC(O)CO)cc2)CC1. The molecule has 0 spiro atoms. The van der Waals surface area contributed by atoms with E-state index in [-0.39, 0.29) is 12.7 Å². The van der Waals surface area contributed by atoms with Crippen molar-refractivity contribution >= 4 is 17.5 Å². The maximum Gasteiger partial charge on any atom is 0.410 e. The normalized spacial score (nSPS) is 15.6. The first-order valence-electron chi connectivity index (χ1n) is 9.99. The summed E-state index contributed by atoms with van der Waals surface area (Å²) < 4.78 is 5.41. The molecule has 1 saturated heterocycles. The zero-order valence-electron chi connectivity index (χ0n) is 16.5. The number of ether oxygens (including phenoxy) is 1. The lowest BCUT2D eigenvalue weighted by Gasteiger charge is -2.32. The third-order valence-electron chi connectivity index (χ3n) is 4.97. The van der Waals surface area contributed by atoms with Crippen molar-refractivity contribution in [3.8, 4) is 0 Å². The Balaban J connectivity index is 1.38. The maximum atomic E-state index is 12.2. The maximum absolute atomic E-state index is 12.2. The van der Waals surface area contributed by atoms with E-state index >= 15 is 0 Å². The monoisotopic (exact) mass is 399 g/mol. The first-order chi connectivity index (χ1) is 14.1. The van der Waals surface area contributed by atoms with Gasteiger partial charge in [0, 0.05) is 37.1 Å². The number of hydrogen-bond donors (Lipinski definition) is 4. The summed E-state index contributed by atoms with van der Waals surface area (Å²) in [6.45, 7) is 1.69. The van der Waals surface area contributed by atoms with Gasteiger partial charge in [0.05, 0.1) is 12.7 Å². The van der Waals surface area contributed by atoms with Gasteiger partial charge in [-0.3, -0.25) is 0 Å². The highest BCUT2D eigenvalue weighted by molar-refractivity contribution is 5.67. The molecule has 0 radical (unpaired) electrons. The van der Waals surface area contributed by atoms with E-state index < -0.39 is 6.10 Å². The molecule has 1 heterocycles. The molecule has 1 fully saturated rings. The highest BCUT2D eigenvalue weighted by Crippen LogP contribution is 2.19. The van der Waals surface area contributed by atoms with E-state index in [0.717, 1.165) is 29.8 Å². The number of hydrogen-bond acceptors (Lipinski definition) is 6. The Kier molecular flexibility index (Phi) is 7.72. The summed E-state index contributed by atoms with van der Waals surface area (Å²) >= 11 is 0. The Labute approximate surface area is 171 Å². The standard InChI is InChI=1S/C22H29N3O4/c26-15-21(27)14-23-18-6-8-19(9-7-18)24-20-10-12-25(13-11-20)22(28)29-16-17-4-2-1-3-5-17/h1-9,20-21,23-24,26-27H,10-16H2. The Bertz CT molecular complexity index is 746. The number of rotatable bonds is 8. The molecule has 3 rings (SSSR count). The van der Waals surface area contributed by atoms with Gasteiger partial charge in [0.15, 0.2) is 0 Å². The van der Waals surface area contributed by atoms with Crippen molar-refractivity contribution in [1.29, 1.82) is 0 Å².